The van der Waals surface area contributed by atoms with Gasteiger partial charge in [0.1, 0.15) is 0 Å². The van der Waals surface area contributed by atoms with Crippen molar-refractivity contribution in [1.82, 2.24) is 5.48 Å². The number of guanidine groups is 1. The predicted octanol–water partition coefficient (Wildman–Crippen LogP) is 0.812. The molecule has 0 amide bonds. The molecule has 0 aliphatic rings. The average molecular weight is 191 g/mol. The van der Waals surface area contributed by atoms with E-state index in [0.29, 0.717) is 0 Å². The maximum atomic E-state index is 8.34. The van der Waals surface area contributed by atoms with Crippen LogP contribution < -0.4 is 11.2 Å². The van der Waals surface area contributed by atoms with Gasteiger partial charge in [0, 0.05) is 0 Å². The maximum Gasteiger partial charge on any atom is 0.213 e. The number of nitrogens with zero attached hydrogens (tertiary/aromatic N) is 1. The Labute approximate surface area is 77.6 Å². The second kappa shape index (κ2) is 7.24. The minimum Gasteiger partial charge on any atom is -0.368 e. The Bertz CT molecular complexity index is 141. The number of aliphatic imine (C=N–C) groups is 1. The van der Waals surface area contributed by atoms with Crippen molar-refractivity contribution >= 4 is 17.7 Å². The van der Waals surface area contributed by atoms with Gasteiger partial charge in [0.25, 0.3) is 0 Å². The second-order valence-corrected chi connectivity index (χ2v) is 3.85. The Hall–Kier alpha value is -0.420. The molecule has 0 bridgehead atoms. The topological polar surface area (TPSA) is 70.6 Å². The SMILES string of the molecule is CCSCCC(C)N=C(N)NO. The quantitative estimate of drug-likeness (QED) is 0.260. The molecule has 4 N–H and O–H groups in total. The lowest BCUT2D eigenvalue weighted by Gasteiger charge is -2.06. The first-order valence-corrected chi connectivity index (χ1v) is 5.17. The molecule has 0 fully saturated rings. The second-order valence-electron chi connectivity index (χ2n) is 2.46. The van der Waals surface area contributed by atoms with Crippen molar-refractivity contribution in [2.75, 3.05) is 11.5 Å². The molecule has 1 atom stereocenters. The van der Waals surface area contributed by atoms with Gasteiger partial charge in [-0.25, -0.2) is 10.5 Å². The van der Waals surface area contributed by atoms with Crippen molar-refractivity contribution in [2.24, 2.45) is 10.7 Å². The molecule has 0 heterocycles. The number of hydroxylamine groups is 1. The van der Waals surface area contributed by atoms with Crippen molar-refractivity contribution in [3.05, 3.63) is 0 Å². The molecule has 0 aromatic rings. The molecular formula is C7H17N3OS. The van der Waals surface area contributed by atoms with Crippen LogP contribution in [0.25, 0.3) is 0 Å². The lowest BCUT2D eigenvalue weighted by molar-refractivity contribution is 0.232. The van der Waals surface area contributed by atoms with Gasteiger partial charge >= 0.3 is 0 Å². The van der Waals surface area contributed by atoms with E-state index in [1.165, 1.54) is 0 Å². The van der Waals surface area contributed by atoms with Crippen molar-refractivity contribution < 1.29 is 5.21 Å². The van der Waals surface area contributed by atoms with Gasteiger partial charge in [-0.3, -0.25) is 5.21 Å². The molecule has 1 unspecified atom stereocenters. The monoisotopic (exact) mass is 191 g/mol. The van der Waals surface area contributed by atoms with Crippen LogP contribution in [0.3, 0.4) is 0 Å². The highest BCUT2D eigenvalue weighted by Crippen LogP contribution is 2.05. The van der Waals surface area contributed by atoms with E-state index in [2.05, 4.69) is 11.9 Å². The van der Waals surface area contributed by atoms with Crippen molar-refractivity contribution in [3.63, 3.8) is 0 Å². The van der Waals surface area contributed by atoms with E-state index >= 15 is 0 Å². The number of thioether (sulfide) groups is 1. The van der Waals surface area contributed by atoms with Crippen molar-refractivity contribution in [2.45, 2.75) is 26.3 Å². The Kier molecular flexibility index (Phi) is 6.99. The van der Waals surface area contributed by atoms with E-state index in [9.17, 15) is 0 Å². The summed E-state index contributed by atoms with van der Waals surface area (Å²) in [4.78, 5) is 3.99. The normalized spacial score (nSPS) is 14.4. The molecule has 0 spiro atoms. The fourth-order valence-electron chi connectivity index (χ4n) is 0.729. The van der Waals surface area contributed by atoms with Crippen LogP contribution in [0.15, 0.2) is 4.99 Å². The Morgan fingerprint density at radius 3 is 2.92 bits per heavy atom. The third-order valence-electron chi connectivity index (χ3n) is 1.36. The van der Waals surface area contributed by atoms with E-state index in [0.717, 1.165) is 17.9 Å². The molecule has 12 heavy (non-hydrogen) atoms. The Balaban J connectivity index is 3.51. The molecule has 0 rings (SSSR count). The summed E-state index contributed by atoms with van der Waals surface area (Å²) in [6.07, 6.45) is 0.987. The highest BCUT2D eigenvalue weighted by atomic mass is 32.2. The summed E-state index contributed by atoms with van der Waals surface area (Å²) < 4.78 is 0. The van der Waals surface area contributed by atoms with Crippen LogP contribution in [0.2, 0.25) is 0 Å². The van der Waals surface area contributed by atoms with Gasteiger partial charge in [-0.1, -0.05) is 6.92 Å². The number of hydrogen-bond acceptors (Lipinski definition) is 3. The van der Waals surface area contributed by atoms with Gasteiger partial charge in [-0.2, -0.15) is 11.8 Å². The van der Waals surface area contributed by atoms with Gasteiger partial charge in [-0.05, 0) is 24.9 Å². The minimum absolute atomic E-state index is 0.0870. The molecule has 0 radical (unpaired) electrons. The van der Waals surface area contributed by atoms with Gasteiger partial charge in [0.15, 0.2) is 0 Å². The molecule has 4 nitrogen and oxygen atoms in total. The standard InChI is InChI=1S/C7H17N3OS/c1-3-12-5-4-6(2)9-7(8)10-11/h6,11H,3-5H2,1-2H3,(H3,8,9,10). The van der Waals surface area contributed by atoms with Crippen molar-refractivity contribution in [1.29, 1.82) is 0 Å². The summed E-state index contributed by atoms with van der Waals surface area (Å²) in [5, 5.41) is 8.34. The zero-order chi connectivity index (χ0) is 9.40. The number of hydrogen-bond donors (Lipinski definition) is 3. The largest absolute Gasteiger partial charge is 0.368 e. The minimum atomic E-state index is 0.0870. The summed E-state index contributed by atoms with van der Waals surface area (Å²) in [7, 11) is 0. The zero-order valence-corrected chi connectivity index (χ0v) is 8.40. The maximum absolute atomic E-state index is 8.34. The zero-order valence-electron chi connectivity index (χ0n) is 7.58. The smallest absolute Gasteiger partial charge is 0.213 e. The average Bonchev–Trinajstić information content (AvgIpc) is 2.05. The molecule has 0 aliphatic carbocycles. The fraction of sp³-hybridized carbons (Fsp3) is 0.857. The molecule has 0 saturated carbocycles. The fourth-order valence-corrected chi connectivity index (χ4v) is 1.53. The van der Waals surface area contributed by atoms with E-state index in [4.69, 9.17) is 10.9 Å². The van der Waals surface area contributed by atoms with Gasteiger partial charge < -0.3 is 5.73 Å². The van der Waals surface area contributed by atoms with Crippen LogP contribution >= 0.6 is 11.8 Å². The Morgan fingerprint density at radius 1 is 1.75 bits per heavy atom. The van der Waals surface area contributed by atoms with Gasteiger partial charge in [0.2, 0.25) is 5.96 Å². The number of nitrogens with two attached hydrogens (primary N) is 1. The molecule has 0 saturated heterocycles. The predicted molar refractivity (Wildman–Crippen MR) is 53.6 cm³/mol. The van der Waals surface area contributed by atoms with Crippen LogP contribution in [0.1, 0.15) is 20.3 Å². The third-order valence-corrected chi connectivity index (χ3v) is 2.29. The summed E-state index contributed by atoms with van der Waals surface area (Å²) >= 11 is 1.88. The molecular weight excluding hydrogens is 174 g/mol. The first-order chi connectivity index (χ1) is 5.70. The van der Waals surface area contributed by atoms with Crippen LogP contribution in [0, 0.1) is 0 Å². The molecule has 5 heteroatoms. The van der Waals surface area contributed by atoms with E-state index < -0.39 is 0 Å². The van der Waals surface area contributed by atoms with Crippen LogP contribution in [0.5, 0.6) is 0 Å². The van der Waals surface area contributed by atoms with Crippen LogP contribution in [0.4, 0.5) is 0 Å². The molecule has 0 aromatic carbocycles. The number of nitrogens with one attached hydrogen (secondary N) is 1. The first kappa shape index (κ1) is 11.6. The first-order valence-electron chi connectivity index (χ1n) is 4.01. The molecule has 0 aliphatic heterocycles. The highest BCUT2D eigenvalue weighted by Gasteiger charge is 1.99. The van der Waals surface area contributed by atoms with E-state index in [1.807, 2.05) is 24.2 Å². The van der Waals surface area contributed by atoms with Crippen molar-refractivity contribution in [3.8, 4) is 0 Å². The van der Waals surface area contributed by atoms with E-state index in [-0.39, 0.29) is 12.0 Å². The van der Waals surface area contributed by atoms with Gasteiger partial charge in [0.05, 0.1) is 6.04 Å². The molecule has 72 valence electrons. The highest BCUT2D eigenvalue weighted by molar-refractivity contribution is 7.99. The Morgan fingerprint density at radius 2 is 2.42 bits per heavy atom. The summed E-state index contributed by atoms with van der Waals surface area (Å²) in [5.41, 5.74) is 7.07. The third kappa shape index (κ3) is 6.30. The summed E-state index contributed by atoms with van der Waals surface area (Å²) in [6.45, 7) is 4.10. The van der Waals surface area contributed by atoms with E-state index in [1.54, 1.807) is 0 Å². The van der Waals surface area contributed by atoms with Gasteiger partial charge in [-0.15, -0.1) is 0 Å². The summed E-state index contributed by atoms with van der Waals surface area (Å²) in [6, 6.07) is 0.170. The number of rotatable bonds is 5. The lowest BCUT2D eigenvalue weighted by atomic mass is 10.3. The lowest BCUT2D eigenvalue weighted by Crippen LogP contribution is -2.29. The molecule has 0 aromatic heterocycles. The summed E-state index contributed by atoms with van der Waals surface area (Å²) in [5.74, 6) is 2.30. The van der Waals surface area contributed by atoms with Crippen LogP contribution in [-0.4, -0.2) is 28.7 Å². The van der Waals surface area contributed by atoms with Crippen LogP contribution in [-0.2, 0) is 0 Å².